The minimum absolute atomic E-state index is 0.352. The van der Waals surface area contributed by atoms with E-state index in [2.05, 4.69) is 11.9 Å². The average molecular weight is 340 g/mol. The first-order valence-electron chi connectivity index (χ1n) is 7.21. The number of benzene rings is 1. The molecule has 2 aromatic rings. The lowest BCUT2D eigenvalue weighted by molar-refractivity contribution is 0.489. The molecule has 0 saturated carbocycles. The van der Waals surface area contributed by atoms with E-state index in [9.17, 15) is 8.42 Å². The van der Waals surface area contributed by atoms with E-state index >= 15 is 0 Å². The summed E-state index contributed by atoms with van der Waals surface area (Å²) in [6, 6.07) is 7.06. The second-order valence-corrected chi connectivity index (χ2v) is 7.27. The molecule has 120 valence electrons. The van der Waals surface area contributed by atoms with Crippen LogP contribution in [0.4, 0.5) is 5.69 Å². The van der Waals surface area contributed by atoms with Crippen molar-refractivity contribution in [3.8, 4) is 0 Å². The summed E-state index contributed by atoms with van der Waals surface area (Å²) in [5.41, 5.74) is 1.47. The van der Waals surface area contributed by atoms with Crippen LogP contribution in [0.5, 0.6) is 0 Å². The minimum atomic E-state index is -4.22. The van der Waals surface area contributed by atoms with Crippen LogP contribution < -0.4 is 4.72 Å². The summed E-state index contributed by atoms with van der Waals surface area (Å²) in [5, 5.41) is 3.14. The van der Waals surface area contributed by atoms with E-state index in [1.165, 1.54) is 0 Å². The Hall–Kier alpha value is -1.44. The van der Waals surface area contributed by atoms with Gasteiger partial charge < -0.3 is 0 Å². The smallest absolute Gasteiger partial charge is 0.269 e. The number of rotatable bonds is 8. The first kappa shape index (κ1) is 16.9. The van der Waals surface area contributed by atoms with Gasteiger partial charge in [-0.1, -0.05) is 31.9 Å². The van der Waals surface area contributed by atoms with E-state index in [-0.39, 0.29) is 0 Å². The zero-order chi connectivity index (χ0) is 16.0. The van der Waals surface area contributed by atoms with E-state index < -0.39 is 10.3 Å². The Bertz CT molecular complexity index is 667. The molecule has 7 heteroatoms. The fraction of sp³-hybridized carbons (Fsp3) is 0.400. The van der Waals surface area contributed by atoms with Gasteiger partial charge in [0.05, 0.1) is 10.7 Å². The van der Waals surface area contributed by atoms with Crippen molar-refractivity contribution in [2.45, 2.75) is 38.5 Å². The van der Waals surface area contributed by atoms with E-state index in [1.54, 1.807) is 23.5 Å². The summed E-state index contributed by atoms with van der Waals surface area (Å²) in [7, 11) is -4.22. The summed E-state index contributed by atoms with van der Waals surface area (Å²) < 4.78 is 32.4. The van der Waals surface area contributed by atoms with Crippen molar-refractivity contribution in [1.82, 2.24) is 4.98 Å². The van der Waals surface area contributed by atoms with Gasteiger partial charge in [0.15, 0.2) is 0 Å². The van der Waals surface area contributed by atoms with Crippen molar-refractivity contribution < 1.29 is 13.0 Å². The van der Waals surface area contributed by atoms with Gasteiger partial charge in [-0.2, -0.15) is 8.42 Å². The molecule has 0 bridgehead atoms. The molecule has 1 aromatic carbocycles. The Morgan fingerprint density at radius 3 is 2.59 bits per heavy atom. The third-order valence-corrected chi connectivity index (χ3v) is 4.82. The van der Waals surface area contributed by atoms with Crippen LogP contribution in [-0.4, -0.2) is 18.0 Å². The molecule has 0 fully saturated rings. The van der Waals surface area contributed by atoms with Gasteiger partial charge in [-0.15, -0.1) is 11.3 Å². The number of thiazole rings is 1. The molecule has 0 amide bonds. The minimum Gasteiger partial charge on any atom is -0.269 e. The number of unbranched alkanes of at least 4 members (excludes halogenated alkanes) is 1. The first-order chi connectivity index (χ1) is 10.5. The van der Waals surface area contributed by atoms with Crippen molar-refractivity contribution >= 4 is 27.3 Å². The van der Waals surface area contributed by atoms with Crippen LogP contribution in [-0.2, 0) is 16.7 Å². The van der Waals surface area contributed by atoms with E-state index in [0.717, 1.165) is 36.3 Å². The molecule has 5 nitrogen and oxygen atoms in total. The lowest BCUT2D eigenvalue weighted by Gasteiger charge is -2.14. The van der Waals surface area contributed by atoms with Crippen LogP contribution in [0.2, 0.25) is 0 Å². The number of aromatic nitrogens is 1. The van der Waals surface area contributed by atoms with Crippen LogP contribution in [0.25, 0.3) is 0 Å². The standard InChI is InChI=1S/C15H20N2O3S2/c1-2-3-4-13(15-16-9-10-21-15)11-12-5-7-14(8-6-12)17-22(18,19)20/h5-10,13,17H,2-4,11H2,1H3,(H,18,19,20). The highest BCUT2D eigenvalue weighted by Gasteiger charge is 2.14. The Labute approximate surface area is 135 Å². The Balaban J connectivity index is 2.06. The molecule has 0 aliphatic rings. The quantitative estimate of drug-likeness (QED) is 0.715. The van der Waals surface area contributed by atoms with E-state index in [0.29, 0.717) is 11.6 Å². The molecular weight excluding hydrogens is 320 g/mol. The molecule has 0 aliphatic heterocycles. The van der Waals surface area contributed by atoms with Crippen LogP contribution in [0.3, 0.4) is 0 Å². The summed E-state index contributed by atoms with van der Waals surface area (Å²) in [6.45, 7) is 2.18. The van der Waals surface area contributed by atoms with Gasteiger partial charge in [-0.3, -0.25) is 9.27 Å². The molecule has 2 N–H and O–H groups in total. The van der Waals surface area contributed by atoms with Gasteiger partial charge in [0.25, 0.3) is 0 Å². The lowest BCUT2D eigenvalue weighted by Crippen LogP contribution is -2.10. The molecule has 1 heterocycles. The fourth-order valence-electron chi connectivity index (χ4n) is 2.34. The molecule has 22 heavy (non-hydrogen) atoms. The summed E-state index contributed by atoms with van der Waals surface area (Å²) in [5.74, 6) is 0.389. The predicted molar refractivity (Wildman–Crippen MR) is 89.7 cm³/mol. The van der Waals surface area contributed by atoms with Crippen molar-refractivity contribution in [1.29, 1.82) is 0 Å². The third kappa shape index (κ3) is 5.40. The number of anilines is 1. The van der Waals surface area contributed by atoms with Crippen LogP contribution in [0, 0.1) is 0 Å². The van der Waals surface area contributed by atoms with Crippen LogP contribution >= 0.6 is 11.3 Å². The van der Waals surface area contributed by atoms with Gasteiger partial charge in [0.1, 0.15) is 0 Å². The molecule has 0 spiro atoms. The zero-order valence-corrected chi connectivity index (χ0v) is 14.0. The summed E-state index contributed by atoms with van der Waals surface area (Å²) in [6.07, 6.45) is 6.11. The third-order valence-electron chi connectivity index (χ3n) is 3.39. The molecule has 0 saturated heterocycles. The number of hydrogen-bond acceptors (Lipinski definition) is 4. The topological polar surface area (TPSA) is 79.3 Å². The fourth-order valence-corrected chi connectivity index (χ4v) is 3.55. The molecule has 1 aromatic heterocycles. The Morgan fingerprint density at radius 1 is 1.32 bits per heavy atom. The van der Waals surface area contributed by atoms with Crippen molar-refractivity contribution in [3.05, 3.63) is 46.4 Å². The zero-order valence-electron chi connectivity index (χ0n) is 12.4. The molecule has 0 aliphatic carbocycles. The molecular formula is C15H20N2O3S2. The van der Waals surface area contributed by atoms with Gasteiger partial charge in [-0.25, -0.2) is 4.98 Å². The van der Waals surface area contributed by atoms with Crippen molar-refractivity contribution in [3.63, 3.8) is 0 Å². The lowest BCUT2D eigenvalue weighted by atomic mass is 9.94. The SMILES string of the molecule is CCCCC(Cc1ccc(NS(=O)(=O)O)cc1)c1nccs1. The molecule has 1 unspecified atom stereocenters. The highest BCUT2D eigenvalue weighted by Crippen LogP contribution is 2.28. The van der Waals surface area contributed by atoms with Gasteiger partial charge in [-0.05, 0) is 30.5 Å². The number of nitrogens with one attached hydrogen (secondary N) is 1. The maximum absolute atomic E-state index is 10.8. The number of hydrogen-bond donors (Lipinski definition) is 2. The van der Waals surface area contributed by atoms with Gasteiger partial charge in [0.2, 0.25) is 0 Å². The highest BCUT2D eigenvalue weighted by molar-refractivity contribution is 7.87. The summed E-state index contributed by atoms with van der Waals surface area (Å²) in [4.78, 5) is 4.43. The monoisotopic (exact) mass is 340 g/mol. The van der Waals surface area contributed by atoms with E-state index in [1.807, 2.05) is 28.4 Å². The molecule has 0 radical (unpaired) electrons. The summed E-state index contributed by atoms with van der Waals surface area (Å²) >= 11 is 1.68. The van der Waals surface area contributed by atoms with E-state index in [4.69, 9.17) is 4.55 Å². The maximum Gasteiger partial charge on any atom is 0.357 e. The second kappa shape index (κ2) is 7.71. The normalized spacial score (nSPS) is 13.0. The average Bonchev–Trinajstić information content (AvgIpc) is 2.98. The van der Waals surface area contributed by atoms with Crippen molar-refractivity contribution in [2.24, 2.45) is 0 Å². The van der Waals surface area contributed by atoms with Gasteiger partial charge in [0, 0.05) is 17.5 Å². The van der Waals surface area contributed by atoms with Crippen LogP contribution in [0.1, 0.15) is 42.7 Å². The Kier molecular flexibility index (Phi) is 5.93. The highest BCUT2D eigenvalue weighted by atomic mass is 32.2. The number of nitrogens with zero attached hydrogens (tertiary/aromatic N) is 1. The first-order valence-corrected chi connectivity index (χ1v) is 9.53. The molecule has 2 rings (SSSR count). The predicted octanol–water partition coefficient (Wildman–Crippen LogP) is 3.87. The largest absolute Gasteiger partial charge is 0.357 e. The second-order valence-electron chi connectivity index (χ2n) is 5.19. The van der Waals surface area contributed by atoms with Crippen LogP contribution in [0.15, 0.2) is 35.8 Å². The van der Waals surface area contributed by atoms with Gasteiger partial charge >= 0.3 is 10.3 Å². The maximum atomic E-state index is 10.8. The van der Waals surface area contributed by atoms with Crippen molar-refractivity contribution in [2.75, 3.05) is 4.72 Å². The molecule has 1 atom stereocenters. The Morgan fingerprint density at radius 2 is 2.05 bits per heavy atom.